The van der Waals surface area contributed by atoms with E-state index >= 15 is 0 Å². The van der Waals surface area contributed by atoms with E-state index in [1.165, 1.54) is 6.92 Å². The molecule has 0 aliphatic carbocycles. The predicted molar refractivity (Wildman–Crippen MR) is 78.7 cm³/mol. The fraction of sp³-hybridized carbons (Fsp3) is 0.333. The number of benzene rings is 2. The lowest BCUT2D eigenvalue weighted by atomic mass is 9.96. The molecular formula is C18H14F8. The van der Waals surface area contributed by atoms with Crippen LogP contribution in [0.15, 0.2) is 0 Å². The van der Waals surface area contributed by atoms with Crippen LogP contribution in [0.5, 0.6) is 0 Å². The third-order valence-electron chi connectivity index (χ3n) is 4.25. The van der Waals surface area contributed by atoms with Gasteiger partial charge in [0.2, 0.25) is 0 Å². The molecule has 0 saturated heterocycles. The largest absolute Gasteiger partial charge is 0.203 e. The van der Waals surface area contributed by atoms with Gasteiger partial charge in [0.05, 0.1) is 0 Å². The van der Waals surface area contributed by atoms with Gasteiger partial charge in [-0.2, -0.15) is 0 Å². The molecule has 0 fully saturated rings. The maximum Gasteiger partial charge on any atom is 0.197 e. The molecule has 8 heteroatoms. The highest BCUT2D eigenvalue weighted by atomic mass is 19.2. The van der Waals surface area contributed by atoms with Crippen molar-refractivity contribution in [3.8, 4) is 0 Å². The van der Waals surface area contributed by atoms with Crippen molar-refractivity contribution in [3.63, 3.8) is 0 Å². The van der Waals surface area contributed by atoms with Gasteiger partial charge >= 0.3 is 0 Å². The molecule has 0 radical (unpaired) electrons. The molecule has 0 N–H and O–H groups in total. The Morgan fingerprint density at radius 3 is 1.35 bits per heavy atom. The first-order valence-corrected chi connectivity index (χ1v) is 7.78. The van der Waals surface area contributed by atoms with Crippen molar-refractivity contribution in [3.05, 3.63) is 68.8 Å². The summed E-state index contributed by atoms with van der Waals surface area (Å²) in [6, 6.07) is 0. The van der Waals surface area contributed by atoms with Crippen LogP contribution in [-0.2, 0) is 19.3 Å². The van der Waals surface area contributed by atoms with Crippen LogP contribution >= 0.6 is 0 Å². The number of hydrogen-bond acceptors (Lipinski definition) is 0. The first kappa shape index (κ1) is 20.2. The van der Waals surface area contributed by atoms with E-state index in [1.54, 1.807) is 0 Å². The fourth-order valence-electron chi connectivity index (χ4n) is 2.80. The van der Waals surface area contributed by atoms with E-state index in [4.69, 9.17) is 0 Å². The van der Waals surface area contributed by atoms with Crippen molar-refractivity contribution in [2.45, 2.75) is 39.5 Å². The SMILES string of the molecule is CCc1c(F)c(F)c(F)c(F)c1CCCc1c(F)c(F)c(C)c(F)c1F. The quantitative estimate of drug-likeness (QED) is 0.346. The summed E-state index contributed by atoms with van der Waals surface area (Å²) < 4.78 is 109. The standard InChI is InChI=1S/C18H14F8/c1-3-8-9(14(22)18(26)17(25)13(8)21)5-4-6-10-15(23)11(19)7(2)12(20)16(10)24/h3-6H2,1-2H3. The van der Waals surface area contributed by atoms with Crippen molar-refractivity contribution in [1.82, 2.24) is 0 Å². The lowest BCUT2D eigenvalue weighted by molar-refractivity contribution is 0.397. The maximum absolute atomic E-state index is 13.9. The van der Waals surface area contributed by atoms with Crippen molar-refractivity contribution in [1.29, 1.82) is 0 Å². The zero-order chi connectivity index (χ0) is 19.8. The van der Waals surface area contributed by atoms with Crippen LogP contribution in [0.25, 0.3) is 0 Å². The molecule has 0 aromatic heterocycles. The Kier molecular flexibility index (Phi) is 5.93. The van der Waals surface area contributed by atoms with E-state index in [0.717, 1.165) is 6.92 Å². The van der Waals surface area contributed by atoms with E-state index in [-0.39, 0.29) is 12.8 Å². The molecule has 0 nitrogen and oxygen atoms in total. The van der Waals surface area contributed by atoms with E-state index in [0.29, 0.717) is 0 Å². The van der Waals surface area contributed by atoms with Crippen LogP contribution in [0.3, 0.4) is 0 Å². The molecule has 2 aromatic rings. The summed E-state index contributed by atoms with van der Waals surface area (Å²) in [5.74, 6) is -13.3. The molecule has 142 valence electrons. The monoisotopic (exact) mass is 382 g/mol. The molecule has 2 aromatic carbocycles. The third kappa shape index (κ3) is 3.29. The van der Waals surface area contributed by atoms with Gasteiger partial charge in [-0.05, 0) is 43.7 Å². The second-order valence-electron chi connectivity index (χ2n) is 5.78. The molecule has 0 saturated carbocycles. The summed E-state index contributed by atoms with van der Waals surface area (Å²) in [5.41, 5.74) is -2.57. The Balaban J connectivity index is 2.33. The highest BCUT2D eigenvalue weighted by Crippen LogP contribution is 2.28. The summed E-state index contributed by atoms with van der Waals surface area (Å²) in [7, 11) is 0. The lowest BCUT2D eigenvalue weighted by Gasteiger charge is -2.13. The first-order valence-electron chi connectivity index (χ1n) is 7.78. The van der Waals surface area contributed by atoms with Crippen molar-refractivity contribution in [2.75, 3.05) is 0 Å². The van der Waals surface area contributed by atoms with Gasteiger partial charge in [0, 0.05) is 11.1 Å². The molecule has 2 rings (SSSR count). The molecule has 0 aliphatic rings. The predicted octanol–water partition coefficient (Wildman–Crippen LogP) is 5.85. The summed E-state index contributed by atoms with van der Waals surface area (Å²) in [4.78, 5) is 0. The van der Waals surface area contributed by atoms with E-state index in [2.05, 4.69) is 0 Å². The summed E-state index contributed by atoms with van der Waals surface area (Å²) in [6.07, 6.45) is -1.37. The molecular weight excluding hydrogens is 368 g/mol. The first-order chi connectivity index (χ1) is 12.1. The number of rotatable bonds is 5. The molecule has 0 atom stereocenters. The van der Waals surface area contributed by atoms with Gasteiger partial charge in [0.15, 0.2) is 46.5 Å². The average molecular weight is 382 g/mol. The number of hydrogen-bond donors (Lipinski definition) is 0. The average Bonchev–Trinajstić information content (AvgIpc) is 2.63. The van der Waals surface area contributed by atoms with Gasteiger partial charge in [-0.1, -0.05) is 6.92 Å². The molecule has 0 amide bonds. The van der Waals surface area contributed by atoms with Crippen LogP contribution in [0.1, 0.15) is 35.6 Å². The van der Waals surface area contributed by atoms with Crippen LogP contribution in [-0.4, -0.2) is 0 Å². The lowest BCUT2D eigenvalue weighted by Crippen LogP contribution is -2.10. The minimum atomic E-state index is -1.99. The van der Waals surface area contributed by atoms with Gasteiger partial charge < -0.3 is 0 Å². The smallest absolute Gasteiger partial charge is 0.197 e. The van der Waals surface area contributed by atoms with Gasteiger partial charge in [-0.25, -0.2) is 35.1 Å². The van der Waals surface area contributed by atoms with Crippen LogP contribution in [0, 0.1) is 53.5 Å². The Labute approximate surface area is 144 Å². The zero-order valence-electron chi connectivity index (χ0n) is 13.9. The minimum absolute atomic E-state index is 0.147. The minimum Gasteiger partial charge on any atom is -0.203 e. The van der Waals surface area contributed by atoms with Gasteiger partial charge in [-0.3, -0.25) is 0 Å². The highest BCUT2D eigenvalue weighted by Gasteiger charge is 2.25. The van der Waals surface area contributed by atoms with E-state index in [9.17, 15) is 35.1 Å². The van der Waals surface area contributed by atoms with Crippen LogP contribution < -0.4 is 0 Å². The Bertz CT molecular complexity index is 828. The molecule has 0 heterocycles. The van der Waals surface area contributed by atoms with Crippen LogP contribution in [0.2, 0.25) is 0 Å². The number of halogens is 8. The van der Waals surface area contributed by atoms with Crippen molar-refractivity contribution >= 4 is 0 Å². The Morgan fingerprint density at radius 2 is 0.885 bits per heavy atom. The summed E-state index contributed by atoms with van der Waals surface area (Å²) >= 11 is 0. The van der Waals surface area contributed by atoms with Crippen molar-refractivity contribution in [2.24, 2.45) is 0 Å². The normalized spacial score (nSPS) is 11.3. The second kappa shape index (κ2) is 7.63. The van der Waals surface area contributed by atoms with Crippen LogP contribution in [0.4, 0.5) is 35.1 Å². The fourth-order valence-corrected chi connectivity index (χ4v) is 2.80. The van der Waals surface area contributed by atoms with Crippen molar-refractivity contribution < 1.29 is 35.1 Å². The maximum atomic E-state index is 13.9. The Hall–Kier alpha value is -2.12. The Morgan fingerprint density at radius 1 is 0.500 bits per heavy atom. The van der Waals surface area contributed by atoms with E-state index < -0.39 is 81.6 Å². The molecule has 0 aliphatic heterocycles. The topological polar surface area (TPSA) is 0 Å². The molecule has 0 spiro atoms. The zero-order valence-corrected chi connectivity index (χ0v) is 13.9. The van der Waals surface area contributed by atoms with Gasteiger partial charge in [-0.15, -0.1) is 0 Å². The third-order valence-corrected chi connectivity index (χ3v) is 4.25. The van der Waals surface area contributed by atoms with Gasteiger partial charge in [0.25, 0.3) is 0 Å². The highest BCUT2D eigenvalue weighted by molar-refractivity contribution is 5.33. The second-order valence-corrected chi connectivity index (χ2v) is 5.78. The molecule has 0 bridgehead atoms. The molecule has 26 heavy (non-hydrogen) atoms. The van der Waals surface area contributed by atoms with E-state index in [1.807, 2.05) is 0 Å². The molecule has 0 unspecified atom stereocenters. The summed E-state index contributed by atoms with van der Waals surface area (Å²) in [5, 5.41) is 0. The van der Waals surface area contributed by atoms with Gasteiger partial charge in [0.1, 0.15) is 0 Å². The summed E-state index contributed by atoms with van der Waals surface area (Å²) in [6.45, 7) is 2.26.